The van der Waals surface area contributed by atoms with Gasteiger partial charge in [0.15, 0.2) is 0 Å². The van der Waals surface area contributed by atoms with Crippen LogP contribution in [0, 0.1) is 5.82 Å². The summed E-state index contributed by atoms with van der Waals surface area (Å²) < 4.78 is 32.7. The molecule has 0 radical (unpaired) electrons. The molecule has 1 saturated heterocycles. The molecule has 1 atom stereocenters. The maximum Gasteiger partial charge on any atom is 0.201 e. The molecule has 2 aliphatic heterocycles. The molecule has 0 amide bonds. The summed E-state index contributed by atoms with van der Waals surface area (Å²) in [5.74, 6) is 2.04. The van der Waals surface area contributed by atoms with E-state index in [1.807, 2.05) is 36.4 Å². The van der Waals surface area contributed by atoms with E-state index in [1.165, 1.54) is 12.1 Å². The molecule has 4 aromatic rings. The number of halogens is 2. The number of aromatic nitrogens is 2. The SMILES string of the molecule is C=C(N1CCOc2ccc(-c3ccc4nc(NCCF)[nH]c4c3)cc2C1)N1CCC(=O)CC1c1cccc(F)c1. The molecular weight excluding hydrogens is 512 g/mol. The van der Waals surface area contributed by atoms with Crippen molar-refractivity contribution in [1.29, 1.82) is 0 Å². The second-order valence-electron chi connectivity index (χ2n) is 10.2. The Morgan fingerprint density at radius 1 is 1.12 bits per heavy atom. The first kappa shape index (κ1) is 25.9. The van der Waals surface area contributed by atoms with E-state index < -0.39 is 6.67 Å². The van der Waals surface area contributed by atoms with Crippen LogP contribution in [0.3, 0.4) is 0 Å². The first-order valence-corrected chi connectivity index (χ1v) is 13.5. The van der Waals surface area contributed by atoms with Crippen molar-refractivity contribution in [2.75, 3.05) is 38.2 Å². The number of imidazole rings is 1. The minimum absolute atomic E-state index is 0.173. The topological polar surface area (TPSA) is 73.5 Å². The number of fused-ring (bicyclic) bond motifs is 2. The van der Waals surface area contributed by atoms with Crippen LogP contribution < -0.4 is 10.1 Å². The Morgan fingerprint density at radius 2 is 1.98 bits per heavy atom. The Bertz CT molecular complexity index is 1570. The van der Waals surface area contributed by atoms with Crippen LogP contribution in [-0.4, -0.2) is 58.5 Å². The molecule has 0 bridgehead atoms. The van der Waals surface area contributed by atoms with E-state index in [4.69, 9.17) is 4.74 Å². The maximum atomic E-state index is 14.1. The predicted molar refractivity (Wildman–Crippen MR) is 151 cm³/mol. The van der Waals surface area contributed by atoms with E-state index in [0.717, 1.165) is 44.9 Å². The molecule has 0 saturated carbocycles. The number of likely N-dealkylation sites (tertiary alicyclic amines) is 1. The Kier molecular flexibility index (Phi) is 7.11. The van der Waals surface area contributed by atoms with E-state index in [0.29, 0.717) is 45.0 Å². The highest BCUT2D eigenvalue weighted by Gasteiger charge is 2.32. The number of aromatic amines is 1. The number of carbonyl (C=O) groups excluding carboxylic acids is 1. The van der Waals surface area contributed by atoms with Gasteiger partial charge in [-0.2, -0.15) is 0 Å². The molecule has 1 unspecified atom stereocenters. The molecule has 206 valence electrons. The molecule has 0 spiro atoms. The van der Waals surface area contributed by atoms with Crippen LogP contribution in [0.25, 0.3) is 22.2 Å². The van der Waals surface area contributed by atoms with Crippen LogP contribution in [0.1, 0.15) is 30.0 Å². The number of ketones is 1. The van der Waals surface area contributed by atoms with Crippen LogP contribution in [-0.2, 0) is 11.3 Å². The van der Waals surface area contributed by atoms with Gasteiger partial charge in [-0.15, -0.1) is 0 Å². The van der Waals surface area contributed by atoms with E-state index in [9.17, 15) is 13.6 Å². The number of H-pyrrole nitrogens is 1. The summed E-state index contributed by atoms with van der Waals surface area (Å²) in [6, 6.07) is 18.4. The van der Waals surface area contributed by atoms with Gasteiger partial charge in [0, 0.05) is 38.0 Å². The van der Waals surface area contributed by atoms with E-state index >= 15 is 0 Å². The molecule has 6 rings (SSSR count). The number of nitrogens with one attached hydrogen (secondary N) is 2. The number of nitrogens with zero attached hydrogens (tertiary/aromatic N) is 3. The van der Waals surface area contributed by atoms with Gasteiger partial charge in [0.2, 0.25) is 5.95 Å². The lowest BCUT2D eigenvalue weighted by Gasteiger charge is -2.42. The highest BCUT2D eigenvalue weighted by Crippen LogP contribution is 2.36. The number of ether oxygens (including phenoxy) is 1. The van der Waals surface area contributed by atoms with E-state index in [2.05, 4.69) is 37.7 Å². The third-order valence-electron chi connectivity index (χ3n) is 7.60. The predicted octanol–water partition coefficient (Wildman–Crippen LogP) is 5.82. The van der Waals surface area contributed by atoms with Crippen molar-refractivity contribution in [3.05, 3.63) is 90.0 Å². The minimum Gasteiger partial charge on any atom is -0.491 e. The fourth-order valence-corrected chi connectivity index (χ4v) is 5.56. The standard InChI is InChI=1S/C31H31F2N5O2/c1-20(38-12-9-26(39)18-29(38)23-3-2-4-25(33)16-23)37-13-14-40-30-8-6-21(15-24(30)19-37)22-5-7-27-28(17-22)36-31(35-27)34-11-10-32/h2-8,15-17,29H,1,9-14,18-19H2,(H2,34,35,36). The van der Waals surface area contributed by atoms with Gasteiger partial charge in [0.1, 0.15) is 30.6 Å². The lowest BCUT2D eigenvalue weighted by atomic mass is 9.94. The summed E-state index contributed by atoms with van der Waals surface area (Å²) in [5.41, 5.74) is 5.53. The van der Waals surface area contributed by atoms with Crippen LogP contribution >= 0.6 is 0 Å². The molecule has 40 heavy (non-hydrogen) atoms. The first-order valence-electron chi connectivity index (χ1n) is 13.5. The summed E-state index contributed by atoms with van der Waals surface area (Å²) in [7, 11) is 0. The minimum atomic E-state index is -0.468. The Balaban J connectivity index is 1.25. The third kappa shape index (κ3) is 5.23. The smallest absolute Gasteiger partial charge is 0.201 e. The number of carbonyl (C=O) groups is 1. The normalized spacial score (nSPS) is 17.4. The molecule has 3 aromatic carbocycles. The fraction of sp³-hybridized carbons (Fsp3) is 0.290. The second kappa shape index (κ2) is 11.0. The summed E-state index contributed by atoms with van der Waals surface area (Å²) in [6.07, 6.45) is 0.769. The average Bonchev–Trinajstić information content (AvgIpc) is 3.25. The van der Waals surface area contributed by atoms with Crippen LogP contribution in [0.4, 0.5) is 14.7 Å². The van der Waals surface area contributed by atoms with Gasteiger partial charge >= 0.3 is 0 Å². The number of hydrogen-bond acceptors (Lipinski definition) is 6. The van der Waals surface area contributed by atoms with Crippen LogP contribution in [0.2, 0.25) is 0 Å². The highest BCUT2D eigenvalue weighted by molar-refractivity contribution is 5.84. The van der Waals surface area contributed by atoms with Gasteiger partial charge in [-0.3, -0.25) is 4.79 Å². The van der Waals surface area contributed by atoms with E-state index in [1.54, 1.807) is 6.07 Å². The maximum absolute atomic E-state index is 14.1. The van der Waals surface area contributed by atoms with Crippen LogP contribution in [0.15, 0.2) is 73.1 Å². The summed E-state index contributed by atoms with van der Waals surface area (Å²) in [5, 5.41) is 2.94. The molecule has 2 N–H and O–H groups in total. The van der Waals surface area contributed by atoms with Gasteiger partial charge < -0.3 is 24.8 Å². The van der Waals surface area contributed by atoms with Crippen molar-refractivity contribution < 1.29 is 18.3 Å². The van der Waals surface area contributed by atoms with Crippen molar-refractivity contribution in [2.24, 2.45) is 0 Å². The largest absolute Gasteiger partial charge is 0.491 e. The Morgan fingerprint density at radius 3 is 2.83 bits per heavy atom. The monoisotopic (exact) mass is 543 g/mol. The van der Waals surface area contributed by atoms with Gasteiger partial charge in [-0.1, -0.05) is 30.8 Å². The summed E-state index contributed by atoms with van der Waals surface area (Å²) >= 11 is 0. The number of rotatable bonds is 7. The number of Topliss-reactive ketones (excluding diaryl/α,β-unsaturated/α-hetero) is 1. The molecule has 1 aromatic heterocycles. The molecule has 3 heterocycles. The van der Waals surface area contributed by atoms with Crippen LogP contribution in [0.5, 0.6) is 5.75 Å². The molecular formula is C31H31F2N5O2. The quantitative estimate of drug-likeness (QED) is 0.306. The number of piperidine rings is 1. The summed E-state index contributed by atoms with van der Waals surface area (Å²) in [6.45, 7) is 6.43. The van der Waals surface area contributed by atoms with Gasteiger partial charge in [-0.05, 0) is 53.1 Å². The van der Waals surface area contributed by atoms with Crippen molar-refractivity contribution in [3.8, 4) is 16.9 Å². The van der Waals surface area contributed by atoms with Gasteiger partial charge in [-0.25, -0.2) is 13.8 Å². The Labute approximate surface area is 231 Å². The molecule has 9 heteroatoms. The van der Waals surface area contributed by atoms with Crippen molar-refractivity contribution >= 4 is 22.8 Å². The lowest BCUT2D eigenvalue weighted by molar-refractivity contribution is -0.123. The lowest BCUT2D eigenvalue weighted by Crippen LogP contribution is -2.42. The Hall–Kier alpha value is -4.40. The molecule has 0 aliphatic carbocycles. The van der Waals surface area contributed by atoms with Crippen molar-refractivity contribution in [3.63, 3.8) is 0 Å². The number of anilines is 1. The van der Waals surface area contributed by atoms with E-state index in [-0.39, 0.29) is 24.2 Å². The number of hydrogen-bond donors (Lipinski definition) is 2. The second-order valence-corrected chi connectivity index (χ2v) is 10.2. The van der Waals surface area contributed by atoms with Crippen molar-refractivity contribution in [2.45, 2.75) is 25.4 Å². The summed E-state index contributed by atoms with van der Waals surface area (Å²) in [4.78, 5) is 24.4. The molecule has 1 fully saturated rings. The number of alkyl halides is 1. The average molecular weight is 544 g/mol. The van der Waals surface area contributed by atoms with Gasteiger partial charge in [0.25, 0.3) is 0 Å². The molecule has 7 nitrogen and oxygen atoms in total. The zero-order chi connectivity index (χ0) is 27.6. The molecule has 2 aliphatic rings. The fourth-order valence-electron chi connectivity index (χ4n) is 5.56. The first-order chi connectivity index (χ1) is 19.5. The van der Waals surface area contributed by atoms with Gasteiger partial charge in [0.05, 0.1) is 29.4 Å². The third-order valence-corrected chi connectivity index (χ3v) is 7.60. The number of benzene rings is 3. The zero-order valence-corrected chi connectivity index (χ0v) is 22.1. The van der Waals surface area contributed by atoms with Crippen molar-refractivity contribution in [1.82, 2.24) is 19.8 Å². The zero-order valence-electron chi connectivity index (χ0n) is 22.1. The highest BCUT2D eigenvalue weighted by atomic mass is 19.1.